The van der Waals surface area contributed by atoms with E-state index in [9.17, 15) is 9.59 Å². The molecule has 7 nitrogen and oxygen atoms in total. The Hall–Kier alpha value is -2.83. The van der Waals surface area contributed by atoms with Crippen LogP contribution in [0.5, 0.6) is 5.75 Å². The molecule has 0 spiro atoms. The zero-order valence-electron chi connectivity index (χ0n) is 16.3. The van der Waals surface area contributed by atoms with E-state index in [0.717, 1.165) is 17.1 Å². The molecular weight excluding hydrogens is 344 g/mol. The SMILES string of the molecule is CCn1nc(C(C)C)cc1C(=O)N1CCN(c2ccc(OC)cc2)C(=O)C1. The van der Waals surface area contributed by atoms with Crippen LogP contribution in [-0.2, 0) is 11.3 Å². The van der Waals surface area contributed by atoms with E-state index in [0.29, 0.717) is 25.3 Å². The second-order valence-electron chi connectivity index (χ2n) is 6.90. The molecule has 2 heterocycles. The third-order valence-electron chi connectivity index (χ3n) is 4.80. The van der Waals surface area contributed by atoms with Crippen molar-refractivity contribution in [3.05, 3.63) is 41.7 Å². The summed E-state index contributed by atoms with van der Waals surface area (Å²) in [5.41, 5.74) is 2.25. The maximum atomic E-state index is 13.0. The number of hydrogen-bond acceptors (Lipinski definition) is 4. The molecule has 2 aromatic rings. The number of amides is 2. The summed E-state index contributed by atoms with van der Waals surface area (Å²) >= 11 is 0. The first-order valence-electron chi connectivity index (χ1n) is 9.26. The molecule has 1 fully saturated rings. The van der Waals surface area contributed by atoms with Crippen LogP contribution >= 0.6 is 0 Å². The molecule has 0 unspecified atom stereocenters. The Balaban J connectivity index is 1.73. The summed E-state index contributed by atoms with van der Waals surface area (Å²) < 4.78 is 6.88. The number of benzene rings is 1. The molecule has 1 aliphatic heterocycles. The average molecular weight is 370 g/mol. The Kier molecular flexibility index (Phi) is 5.48. The van der Waals surface area contributed by atoms with Crippen LogP contribution in [0.15, 0.2) is 30.3 Å². The highest BCUT2D eigenvalue weighted by Crippen LogP contribution is 2.22. The minimum absolute atomic E-state index is 0.0662. The van der Waals surface area contributed by atoms with Crippen LogP contribution in [0.2, 0.25) is 0 Å². The maximum absolute atomic E-state index is 13.0. The number of aromatic nitrogens is 2. The lowest BCUT2D eigenvalue weighted by Gasteiger charge is -2.34. The van der Waals surface area contributed by atoms with E-state index in [1.807, 2.05) is 51.1 Å². The molecule has 144 valence electrons. The summed E-state index contributed by atoms with van der Waals surface area (Å²) in [6.45, 7) is 7.70. The number of ether oxygens (including phenoxy) is 1. The first-order chi connectivity index (χ1) is 12.9. The number of nitrogens with zero attached hydrogens (tertiary/aromatic N) is 4. The lowest BCUT2D eigenvalue weighted by molar-refractivity contribution is -0.120. The van der Waals surface area contributed by atoms with E-state index in [1.54, 1.807) is 21.6 Å². The normalized spacial score (nSPS) is 14.8. The molecule has 7 heteroatoms. The standard InChI is InChI=1S/C20H26N4O3/c1-5-24-18(12-17(21-24)14(2)3)20(26)22-10-11-23(19(25)13-22)15-6-8-16(27-4)9-7-15/h6-9,12,14H,5,10-11,13H2,1-4H3. The van der Waals surface area contributed by atoms with E-state index in [4.69, 9.17) is 4.74 Å². The third-order valence-corrected chi connectivity index (χ3v) is 4.80. The van der Waals surface area contributed by atoms with Gasteiger partial charge in [0.2, 0.25) is 5.91 Å². The van der Waals surface area contributed by atoms with Crippen molar-refractivity contribution < 1.29 is 14.3 Å². The Morgan fingerprint density at radius 3 is 2.48 bits per heavy atom. The fraction of sp³-hybridized carbons (Fsp3) is 0.450. The molecule has 0 atom stereocenters. The van der Waals surface area contributed by atoms with Gasteiger partial charge in [0.15, 0.2) is 0 Å². The van der Waals surface area contributed by atoms with Gasteiger partial charge in [-0.25, -0.2) is 0 Å². The highest BCUT2D eigenvalue weighted by Gasteiger charge is 2.30. The van der Waals surface area contributed by atoms with E-state index in [-0.39, 0.29) is 24.3 Å². The van der Waals surface area contributed by atoms with Crippen molar-refractivity contribution in [2.75, 3.05) is 31.6 Å². The van der Waals surface area contributed by atoms with Gasteiger partial charge in [0, 0.05) is 25.3 Å². The number of methoxy groups -OCH3 is 1. The molecule has 3 rings (SSSR count). The first-order valence-corrected chi connectivity index (χ1v) is 9.26. The molecule has 0 N–H and O–H groups in total. The molecule has 1 aliphatic rings. The van der Waals surface area contributed by atoms with E-state index in [1.165, 1.54) is 0 Å². The topological polar surface area (TPSA) is 67.7 Å². The maximum Gasteiger partial charge on any atom is 0.272 e. The van der Waals surface area contributed by atoms with Crippen LogP contribution in [0.25, 0.3) is 0 Å². The summed E-state index contributed by atoms with van der Waals surface area (Å²) in [7, 11) is 1.61. The molecule has 0 saturated carbocycles. The highest BCUT2D eigenvalue weighted by molar-refractivity contribution is 6.01. The van der Waals surface area contributed by atoms with Crippen molar-refractivity contribution in [1.29, 1.82) is 0 Å². The van der Waals surface area contributed by atoms with Crippen molar-refractivity contribution in [3.8, 4) is 5.75 Å². The van der Waals surface area contributed by atoms with Crippen molar-refractivity contribution >= 4 is 17.5 Å². The number of rotatable bonds is 5. The Bertz CT molecular complexity index is 826. The fourth-order valence-corrected chi connectivity index (χ4v) is 3.18. The Labute approximate surface area is 159 Å². The van der Waals surface area contributed by atoms with Crippen LogP contribution in [-0.4, -0.2) is 53.2 Å². The number of carbonyl (C=O) groups is 2. The van der Waals surface area contributed by atoms with Crippen molar-refractivity contribution in [2.45, 2.75) is 33.2 Å². The molecule has 1 aromatic heterocycles. The molecule has 1 aromatic carbocycles. The number of hydrogen-bond donors (Lipinski definition) is 0. The summed E-state index contributed by atoms with van der Waals surface area (Å²) in [5.74, 6) is 0.761. The minimum atomic E-state index is -0.140. The van der Waals surface area contributed by atoms with Crippen molar-refractivity contribution in [1.82, 2.24) is 14.7 Å². The van der Waals surface area contributed by atoms with Crippen molar-refractivity contribution in [2.24, 2.45) is 0 Å². The number of piperazine rings is 1. The molecule has 1 saturated heterocycles. The van der Waals surface area contributed by atoms with Crippen molar-refractivity contribution in [3.63, 3.8) is 0 Å². The Morgan fingerprint density at radius 2 is 1.93 bits per heavy atom. The first kappa shape index (κ1) is 18.9. The van der Waals surface area contributed by atoms with Gasteiger partial charge in [0.05, 0.1) is 12.8 Å². The third kappa shape index (κ3) is 3.82. The van der Waals surface area contributed by atoms with E-state index >= 15 is 0 Å². The van der Waals surface area contributed by atoms with Gasteiger partial charge < -0.3 is 14.5 Å². The van der Waals surface area contributed by atoms with E-state index < -0.39 is 0 Å². The lowest BCUT2D eigenvalue weighted by atomic mass is 10.1. The number of aryl methyl sites for hydroxylation is 1. The average Bonchev–Trinajstić information content (AvgIpc) is 3.12. The smallest absolute Gasteiger partial charge is 0.272 e. The van der Waals surface area contributed by atoms with Gasteiger partial charge in [-0.1, -0.05) is 13.8 Å². The van der Waals surface area contributed by atoms with Gasteiger partial charge in [-0.15, -0.1) is 0 Å². The fourth-order valence-electron chi connectivity index (χ4n) is 3.18. The second kappa shape index (κ2) is 7.82. The molecule has 2 amide bonds. The lowest BCUT2D eigenvalue weighted by Crippen LogP contribution is -2.52. The highest BCUT2D eigenvalue weighted by atomic mass is 16.5. The molecule has 0 bridgehead atoms. The quantitative estimate of drug-likeness (QED) is 0.811. The van der Waals surface area contributed by atoms with Gasteiger partial charge in [0.25, 0.3) is 5.91 Å². The van der Waals surface area contributed by atoms with E-state index in [2.05, 4.69) is 5.10 Å². The number of anilines is 1. The van der Waals surface area contributed by atoms with Crippen LogP contribution < -0.4 is 9.64 Å². The van der Waals surface area contributed by atoms with Gasteiger partial charge in [0.1, 0.15) is 18.0 Å². The number of carbonyl (C=O) groups excluding carboxylic acids is 2. The van der Waals surface area contributed by atoms with Crippen LogP contribution in [0.3, 0.4) is 0 Å². The summed E-state index contributed by atoms with van der Waals surface area (Å²) in [5, 5.41) is 4.50. The molecule has 27 heavy (non-hydrogen) atoms. The summed E-state index contributed by atoms with van der Waals surface area (Å²) in [6, 6.07) is 9.21. The van der Waals surface area contributed by atoms with Gasteiger partial charge in [-0.05, 0) is 43.2 Å². The predicted octanol–water partition coefficient (Wildman–Crippen LogP) is 2.52. The van der Waals surface area contributed by atoms with Gasteiger partial charge in [-0.3, -0.25) is 14.3 Å². The molecule has 0 radical (unpaired) electrons. The Morgan fingerprint density at radius 1 is 1.22 bits per heavy atom. The van der Waals surface area contributed by atoms with Gasteiger partial charge in [-0.2, -0.15) is 5.10 Å². The minimum Gasteiger partial charge on any atom is -0.497 e. The molecule has 0 aliphatic carbocycles. The summed E-state index contributed by atoms with van der Waals surface area (Å²) in [6.07, 6.45) is 0. The molecular formula is C20H26N4O3. The largest absolute Gasteiger partial charge is 0.497 e. The van der Waals surface area contributed by atoms with Crippen LogP contribution in [0.1, 0.15) is 42.9 Å². The predicted molar refractivity (Wildman–Crippen MR) is 103 cm³/mol. The zero-order valence-corrected chi connectivity index (χ0v) is 16.3. The van der Waals surface area contributed by atoms with Crippen LogP contribution in [0.4, 0.5) is 5.69 Å². The zero-order chi connectivity index (χ0) is 19.6. The summed E-state index contributed by atoms with van der Waals surface area (Å²) in [4.78, 5) is 28.9. The van der Waals surface area contributed by atoms with Crippen LogP contribution in [0, 0.1) is 0 Å². The monoisotopic (exact) mass is 370 g/mol. The second-order valence-corrected chi connectivity index (χ2v) is 6.90. The van der Waals surface area contributed by atoms with Gasteiger partial charge >= 0.3 is 0 Å².